The van der Waals surface area contributed by atoms with Gasteiger partial charge in [0.2, 0.25) is 0 Å². The summed E-state index contributed by atoms with van der Waals surface area (Å²) in [5.41, 5.74) is 3.02. The van der Waals surface area contributed by atoms with E-state index in [2.05, 4.69) is 15.3 Å². The summed E-state index contributed by atoms with van der Waals surface area (Å²) in [5.74, 6) is 0. The zero-order chi connectivity index (χ0) is 15.4. The lowest BCUT2D eigenvalue weighted by Crippen LogP contribution is -2.18. The van der Waals surface area contributed by atoms with Crippen molar-refractivity contribution in [3.8, 4) is 0 Å². The van der Waals surface area contributed by atoms with E-state index in [1.807, 2.05) is 33.5 Å². The van der Waals surface area contributed by atoms with E-state index >= 15 is 0 Å². The number of nitrogens with one attached hydrogen (secondary N) is 1. The molecule has 7 heteroatoms. The molecule has 0 radical (unpaired) electrons. The number of anilines is 1. The number of hydrogen-bond acceptors (Lipinski definition) is 5. The van der Waals surface area contributed by atoms with E-state index in [9.17, 15) is 10.1 Å². The molecule has 0 aliphatic carbocycles. The van der Waals surface area contributed by atoms with Gasteiger partial charge in [0.25, 0.3) is 5.69 Å². The molecule has 1 aromatic carbocycles. The molecular formula is C14H19N5O2. The van der Waals surface area contributed by atoms with Crippen LogP contribution in [0.25, 0.3) is 0 Å². The van der Waals surface area contributed by atoms with Crippen molar-refractivity contribution in [1.82, 2.24) is 14.7 Å². The van der Waals surface area contributed by atoms with Crippen LogP contribution in [0.15, 0.2) is 30.6 Å². The molecule has 0 fully saturated rings. The van der Waals surface area contributed by atoms with Gasteiger partial charge in [-0.1, -0.05) is 0 Å². The first-order chi connectivity index (χ1) is 9.99. The lowest BCUT2D eigenvalue weighted by atomic mass is 10.1. The van der Waals surface area contributed by atoms with Crippen molar-refractivity contribution in [2.24, 2.45) is 7.05 Å². The molecule has 0 unspecified atom stereocenters. The highest BCUT2D eigenvalue weighted by molar-refractivity contribution is 5.55. The van der Waals surface area contributed by atoms with Crippen LogP contribution in [0, 0.1) is 10.1 Å². The SMILES string of the molecule is CNc1ccc([N+](=O)[O-])cc1CN(C)Cc1cnn(C)c1. The van der Waals surface area contributed by atoms with Gasteiger partial charge in [0.05, 0.1) is 11.1 Å². The van der Waals surface area contributed by atoms with Crippen LogP contribution in [0.2, 0.25) is 0 Å². The lowest BCUT2D eigenvalue weighted by Gasteiger charge is -2.18. The van der Waals surface area contributed by atoms with E-state index in [0.29, 0.717) is 6.54 Å². The van der Waals surface area contributed by atoms with Gasteiger partial charge in [-0.25, -0.2) is 0 Å². The van der Waals surface area contributed by atoms with Crippen LogP contribution in [0.5, 0.6) is 0 Å². The lowest BCUT2D eigenvalue weighted by molar-refractivity contribution is -0.384. The van der Waals surface area contributed by atoms with E-state index in [-0.39, 0.29) is 10.6 Å². The second-order valence-corrected chi connectivity index (χ2v) is 5.04. The Morgan fingerprint density at radius 2 is 2.19 bits per heavy atom. The molecule has 1 heterocycles. The molecule has 0 aliphatic heterocycles. The van der Waals surface area contributed by atoms with Crippen molar-refractivity contribution in [2.75, 3.05) is 19.4 Å². The summed E-state index contributed by atoms with van der Waals surface area (Å²) in [7, 11) is 5.67. The van der Waals surface area contributed by atoms with Gasteiger partial charge in [-0.3, -0.25) is 19.7 Å². The predicted octanol–water partition coefficient (Wildman–Crippen LogP) is 2.00. The molecular weight excluding hydrogens is 270 g/mol. The molecule has 0 atom stereocenters. The van der Waals surface area contributed by atoms with Crippen LogP contribution in [0.1, 0.15) is 11.1 Å². The van der Waals surface area contributed by atoms with Gasteiger partial charge in [-0.15, -0.1) is 0 Å². The highest BCUT2D eigenvalue weighted by Gasteiger charge is 2.12. The van der Waals surface area contributed by atoms with Crippen molar-refractivity contribution in [3.05, 3.63) is 51.8 Å². The van der Waals surface area contributed by atoms with E-state index < -0.39 is 0 Å². The Morgan fingerprint density at radius 1 is 1.43 bits per heavy atom. The minimum atomic E-state index is -0.371. The molecule has 0 aliphatic rings. The van der Waals surface area contributed by atoms with Crippen molar-refractivity contribution >= 4 is 11.4 Å². The monoisotopic (exact) mass is 289 g/mol. The van der Waals surface area contributed by atoms with Gasteiger partial charge in [-0.2, -0.15) is 5.10 Å². The number of rotatable bonds is 6. The standard InChI is InChI=1S/C14H19N5O2/c1-15-14-5-4-13(19(20)21)6-12(14)10-17(2)8-11-7-16-18(3)9-11/h4-7,9,15H,8,10H2,1-3H3. The van der Waals surface area contributed by atoms with E-state index in [1.54, 1.807) is 16.8 Å². The Morgan fingerprint density at radius 3 is 2.76 bits per heavy atom. The third-order valence-corrected chi connectivity index (χ3v) is 3.22. The first kappa shape index (κ1) is 15.0. The fourth-order valence-electron chi connectivity index (χ4n) is 2.28. The fraction of sp³-hybridized carbons (Fsp3) is 0.357. The highest BCUT2D eigenvalue weighted by atomic mass is 16.6. The first-order valence-corrected chi connectivity index (χ1v) is 6.60. The molecule has 0 bridgehead atoms. The molecule has 0 saturated heterocycles. The van der Waals surface area contributed by atoms with Crippen molar-refractivity contribution < 1.29 is 4.92 Å². The third-order valence-electron chi connectivity index (χ3n) is 3.22. The average molecular weight is 289 g/mol. The second-order valence-electron chi connectivity index (χ2n) is 5.04. The van der Waals surface area contributed by atoms with E-state index in [1.165, 1.54) is 6.07 Å². The number of aromatic nitrogens is 2. The Bertz CT molecular complexity index is 638. The Hall–Kier alpha value is -2.41. The zero-order valence-corrected chi connectivity index (χ0v) is 12.4. The smallest absolute Gasteiger partial charge is 0.269 e. The molecule has 0 amide bonds. The maximum absolute atomic E-state index is 10.9. The quantitative estimate of drug-likeness (QED) is 0.650. The third kappa shape index (κ3) is 3.79. The summed E-state index contributed by atoms with van der Waals surface area (Å²) in [6.07, 6.45) is 3.78. The summed E-state index contributed by atoms with van der Waals surface area (Å²) >= 11 is 0. The summed E-state index contributed by atoms with van der Waals surface area (Å²) in [4.78, 5) is 12.6. The number of aryl methyl sites for hydroxylation is 1. The molecule has 1 N–H and O–H groups in total. The number of nitro groups is 1. The molecule has 112 valence electrons. The number of nitro benzene ring substituents is 1. The van der Waals surface area contributed by atoms with Gasteiger partial charge in [0.15, 0.2) is 0 Å². The van der Waals surface area contributed by atoms with E-state index in [0.717, 1.165) is 23.4 Å². The summed E-state index contributed by atoms with van der Waals surface area (Å²) in [6, 6.07) is 4.87. The molecule has 0 saturated carbocycles. The van der Waals surface area contributed by atoms with Crippen molar-refractivity contribution in [2.45, 2.75) is 13.1 Å². The van der Waals surface area contributed by atoms with Crippen molar-refractivity contribution in [1.29, 1.82) is 0 Å². The summed E-state index contributed by atoms with van der Waals surface area (Å²) in [5, 5.41) is 18.1. The number of benzene rings is 1. The average Bonchev–Trinajstić information content (AvgIpc) is 2.83. The van der Waals surface area contributed by atoms with Gasteiger partial charge < -0.3 is 5.32 Å². The zero-order valence-electron chi connectivity index (χ0n) is 12.4. The summed E-state index contributed by atoms with van der Waals surface area (Å²) < 4.78 is 1.76. The van der Waals surface area contributed by atoms with Crippen molar-refractivity contribution in [3.63, 3.8) is 0 Å². The van der Waals surface area contributed by atoms with Crippen LogP contribution < -0.4 is 5.32 Å². The maximum Gasteiger partial charge on any atom is 0.269 e. The fourth-order valence-corrected chi connectivity index (χ4v) is 2.28. The van der Waals surface area contributed by atoms with Gasteiger partial charge in [-0.05, 0) is 18.7 Å². The molecule has 21 heavy (non-hydrogen) atoms. The number of hydrogen-bond donors (Lipinski definition) is 1. The normalized spacial score (nSPS) is 10.9. The molecule has 2 rings (SSSR count). The highest BCUT2D eigenvalue weighted by Crippen LogP contribution is 2.23. The summed E-state index contributed by atoms with van der Waals surface area (Å²) in [6.45, 7) is 1.35. The second kappa shape index (κ2) is 6.36. The topological polar surface area (TPSA) is 76.2 Å². The van der Waals surface area contributed by atoms with Crippen LogP contribution in [-0.2, 0) is 20.1 Å². The van der Waals surface area contributed by atoms with Gasteiger partial charge in [0.1, 0.15) is 0 Å². The number of non-ortho nitro benzene ring substituents is 1. The Kier molecular flexibility index (Phi) is 4.54. The van der Waals surface area contributed by atoms with Crippen LogP contribution in [0.4, 0.5) is 11.4 Å². The van der Waals surface area contributed by atoms with Crippen LogP contribution >= 0.6 is 0 Å². The number of nitrogens with zero attached hydrogens (tertiary/aromatic N) is 4. The molecule has 7 nitrogen and oxygen atoms in total. The maximum atomic E-state index is 10.9. The molecule has 0 spiro atoms. The van der Waals surface area contributed by atoms with E-state index in [4.69, 9.17) is 0 Å². The van der Waals surface area contributed by atoms with Crippen LogP contribution in [-0.4, -0.2) is 33.7 Å². The Labute approximate surface area is 123 Å². The first-order valence-electron chi connectivity index (χ1n) is 6.60. The van der Waals surface area contributed by atoms with Crippen LogP contribution in [0.3, 0.4) is 0 Å². The molecule has 1 aromatic heterocycles. The predicted molar refractivity (Wildman–Crippen MR) is 81.0 cm³/mol. The minimum Gasteiger partial charge on any atom is -0.388 e. The Balaban J connectivity index is 2.13. The van der Waals surface area contributed by atoms with Gasteiger partial charge >= 0.3 is 0 Å². The largest absolute Gasteiger partial charge is 0.388 e. The molecule has 2 aromatic rings. The minimum absolute atomic E-state index is 0.110. The van der Waals surface area contributed by atoms with Gasteiger partial charge in [0, 0.05) is 56.8 Å².